The highest BCUT2D eigenvalue weighted by Crippen LogP contribution is 2.32. The maximum Gasteiger partial charge on any atom is 0.164 e. The topological polar surface area (TPSA) is 47.5 Å². The van der Waals surface area contributed by atoms with Crippen molar-refractivity contribution in [1.82, 2.24) is 9.97 Å². The monoisotopic (exact) mass is 353 g/mol. The molecule has 0 saturated carbocycles. The van der Waals surface area contributed by atoms with Gasteiger partial charge in [0.2, 0.25) is 0 Å². The summed E-state index contributed by atoms with van der Waals surface area (Å²) in [5.74, 6) is -0.533. The van der Waals surface area contributed by atoms with Crippen LogP contribution in [0.15, 0.2) is 12.1 Å². The molecule has 2 aliphatic heterocycles. The molecule has 0 atom stereocenters. The second-order valence-corrected chi connectivity index (χ2v) is 6.04. The van der Waals surface area contributed by atoms with Gasteiger partial charge >= 0.3 is 0 Å². The molecule has 0 amide bonds. The van der Waals surface area contributed by atoms with E-state index in [-0.39, 0.29) is 16.4 Å². The Kier molecular flexibility index (Phi) is 4.07. The van der Waals surface area contributed by atoms with Gasteiger partial charge < -0.3 is 14.4 Å². The first-order chi connectivity index (χ1) is 11.6. The van der Waals surface area contributed by atoms with Crippen molar-refractivity contribution >= 4 is 17.4 Å². The van der Waals surface area contributed by atoms with E-state index in [2.05, 4.69) is 14.9 Å². The zero-order valence-electron chi connectivity index (χ0n) is 12.7. The Morgan fingerprint density at radius 3 is 2.58 bits per heavy atom. The maximum atomic E-state index is 14.2. The van der Waals surface area contributed by atoms with Gasteiger partial charge in [0.1, 0.15) is 17.5 Å². The molecule has 1 aromatic heterocycles. The summed E-state index contributed by atoms with van der Waals surface area (Å²) in [6.45, 7) is 3.30. The van der Waals surface area contributed by atoms with Crippen molar-refractivity contribution in [1.29, 1.82) is 0 Å². The molecule has 2 aromatic rings. The Hall–Kier alpha value is -1.83. The number of anilines is 1. The minimum Gasteiger partial charge on any atom is -0.378 e. The number of ether oxygens (including phenoxy) is 2. The van der Waals surface area contributed by atoms with Gasteiger partial charge in [-0.2, -0.15) is 0 Å². The van der Waals surface area contributed by atoms with Gasteiger partial charge in [0.05, 0.1) is 42.7 Å². The number of hydrogen-bond donors (Lipinski definition) is 0. The van der Waals surface area contributed by atoms with E-state index in [0.29, 0.717) is 51.0 Å². The Morgan fingerprint density at radius 1 is 1.00 bits per heavy atom. The average Bonchev–Trinajstić information content (AvgIpc) is 3.06. The number of fused-ring (bicyclic) bond motifs is 1. The number of aromatic nitrogens is 2. The van der Waals surface area contributed by atoms with Crippen molar-refractivity contribution in [3.8, 4) is 11.4 Å². The fourth-order valence-corrected chi connectivity index (χ4v) is 3.04. The first-order valence-corrected chi connectivity index (χ1v) is 7.96. The molecule has 2 aliphatic rings. The van der Waals surface area contributed by atoms with Gasteiger partial charge in [0.15, 0.2) is 5.82 Å². The van der Waals surface area contributed by atoms with Crippen LogP contribution in [0.5, 0.6) is 0 Å². The minimum atomic E-state index is -0.707. The Bertz CT molecular complexity index is 797. The van der Waals surface area contributed by atoms with Crippen LogP contribution < -0.4 is 4.90 Å². The highest BCUT2D eigenvalue weighted by atomic mass is 35.5. The maximum absolute atomic E-state index is 14.2. The molecule has 0 unspecified atom stereocenters. The molecule has 0 N–H and O–H groups in total. The summed E-state index contributed by atoms with van der Waals surface area (Å²) >= 11 is 5.62. The fraction of sp³-hybridized carbons (Fsp3) is 0.375. The van der Waals surface area contributed by atoms with Gasteiger partial charge in [-0.15, -0.1) is 0 Å². The van der Waals surface area contributed by atoms with E-state index in [1.54, 1.807) is 0 Å². The SMILES string of the molecule is Fc1cc(-c2nc3c(c(N4CCOCC4)n2)COC3)c(F)cc1Cl. The van der Waals surface area contributed by atoms with Gasteiger partial charge in [-0.1, -0.05) is 11.6 Å². The number of benzene rings is 1. The van der Waals surface area contributed by atoms with Crippen LogP contribution in [-0.4, -0.2) is 36.3 Å². The van der Waals surface area contributed by atoms with Gasteiger partial charge in [-0.3, -0.25) is 0 Å². The lowest BCUT2D eigenvalue weighted by Gasteiger charge is -2.29. The predicted molar refractivity (Wildman–Crippen MR) is 83.9 cm³/mol. The van der Waals surface area contributed by atoms with Crippen LogP contribution in [0, 0.1) is 11.6 Å². The second-order valence-electron chi connectivity index (χ2n) is 5.63. The van der Waals surface area contributed by atoms with Crippen LogP contribution in [0.3, 0.4) is 0 Å². The Balaban J connectivity index is 1.84. The number of hydrogen-bond acceptors (Lipinski definition) is 5. The highest BCUT2D eigenvalue weighted by Gasteiger charge is 2.26. The molecule has 8 heteroatoms. The summed E-state index contributed by atoms with van der Waals surface area (Å²) in [5, 5.41) is -0.269. The van der Waals surface area contributed by atoms with Crippen LogP contribution in [0.25, 0.3) is 11.4 Å². The number of nitrogens with zero attached hydrogens (tertiary/aromatic N) is 3. The summed E-state index contributed by atoms with van der Waals surface area (Å²) in [6.07, 6.45) is 0. The molecule has 1 saturated heterocycles. The molecule has 1 fully saturated rings. The summed E-state index contributed by atoms with van der Waals surface area (Å²) < 4.78 is 38.8. The number of morpholine rings is 1. The van der Waals surface area contributed by atoms with E-state index in [1.165, 1.54) is 0 Å². The van der Waals surface area contributed by atoms with E-state index < -0.39 is 11.6 Å². The summed E-state index contributed by atoms with van der Waals surface area (Å²) in [4.78, 5) is 10.9. The van der Waals surface area contributed by atoms with Crippen molar-refractivity contribution in [3.63, 3.8) is 0 Å². The molecule has 0 bridgehead atoms. The molecule has 5 nitrogen and oxygen atoms in total. The molecular formula is C16H14ClF2N3O2. The lowest BCUT2D eigenvalue weighted by molar-refractivity contribution is 0.121. The van der Waals surface area contributed by atoms with E-state index >= 15 is 0 Å². The van der Waals surface area contributed by atoms with Gasteiger partial charge in [-0.05, 0) is 12.1 Å². The van der Waals surface area contributed by atoms with Crippen molar-refractivity contribution in [3.05, 3.63) is 40.0 Å². The predicted octanol–water partition coefficient (Wildman–Crippen LogP) is 2.94. The van der Waals surface area contributed by atoms with Gasteiger partial charge in [-0.25, -0.2) is 18.7 Å². The van der Waals surface area contributed by atoms with Crippen LogP contribution in [0.4, 0.5) is 14.6 Å². The quantitative estimate of drug-likeness (QED) is 0.777. The van der Waals surface area contributed by atoms with Crippen LogP contribution in [0.2, 0.25) is 5.02 Å². The van der Waals surface area contributed by atoms with E-state index in [0.717, 1.165) is 17.7 Å². The molecule has 1 aromatic carbocycles. The number of rotatable bonds is 2. The molecule has 4 rings (SSSR count). The number of halogens is 3. The summed E-state index contributed by atoms with van der Waals surface area (Å²) in [5.41, 5.74) is 1.59. The van der Waals surface area contributed by atoms with Crippen LogP contribution >= 0.6 is 11.6 Å². The lowest BCUT2D eigenvalue weighted by atomic mass is 10.1. The zero-order chi connectivity index (χ0) is 16.7. The van der Waals surface area contributed by atoms with E-state index in [9.17, 15) is 8.78 Å². The fourth-order valence-electron chi connectivity index (χ4n) is 2.89. The Labute approximate surface area is 142 Å². The first-order valence-electron chi connectivity index (χ1n) is 7.58. The van der Waals surface area contributed by atoms with Crippen molar-refractivity contribution in [2.45, 2.75) is 13.2 Å². The van der Waals surface area contributed by atoms with E-state index in [4.69, 9.17) is 21.1 Å². The third-order valence-corrected chi connectivity index (χ3v) is 4.41. The molecular weight excluding hydrogens is 340 g/mol. The highest BCUT2D eigenvalue weighted by molar-refractivity contribution is 6.30. The standard InChI is InChI=1S/C16H14ClF2N3O2/c17-11-6-12(18)9(5-13(11)19)15-20-14-8-24-7-10(14)16(21-15)22-1-3-23-4-2-22/h5-6H,1-4,7-8H2. The molecule has 126 valence electrons. The van der Waals surface area contributed by atoms with Crippen LogP contribution in [0.1, 0.15) is 11.3 Å². The smallest absolute Gasteiger partial charge is 0.164 e. The van der Waals surface area contributed by atoms with Crippen LogP contribution in [-0.2, 0) is 22.7 Å². The van der Waals surface area contributed by atoms with Crippen molar-refractivity contribution in [2.24, 2.45) is 0 Å². The first kappa shape index (κ1) is 15.7. The Morgan fingerprint density at radius 2 is 1.79 bits per heavy atom. The zero-order valence-corrected chi connectivity index (χ0v) is 13.4. The average molecular weight is 354 g/mol. The third kappa shape index (κ3) is 2.72. The van der Waals surface area contributed by atoms with Crippen molar-refractivity contribution in [2.75, 3.05) is 31.2 Å². The van der Waals surface area contributed by atoms with Crippen molar-refractivity contribution < 1.29 is 18.3 Å². The second kappa shape index (κ2) is 6.23. The van der Waals surface area contributed by atoms with E-state index in [1.807, 2.05) is 0 Å². The normalized spacial score (nSPS) is 17.2. The molecule has 0 spiro atoms. The van der Waals surface area contributed by atoms with Gasteiger partial charge in [0, 0.05) is 18.7 Å². The molecule has 0 aliphatic carbocycles. The van der Waals surface area contributed by atoms with Gasteiger partial charge in [0.25, 0.3) is 0 Å². The minimum absolute atomic E-state index is 0.0129. The molecule has 24 heavy (non-hydrogen) atoms. The molecule has 3 heterocycles. The largest absolute Gasteiger partial charge is 0.378 e. The summed E-state index contributed by atoms with van der Waals surface area (Å²) in [6, 6.07) is 1.96. The molecule has 0 radical (unpaired) electrons. The lowest BCUT2D eigenvalue weighted by Crippen LogP contribution is -2.37. The third-order valence-electron chi connectivity index (χ3n) is 4.12. The summed E-state index contributed by atoms with van der Waals surface area (Å²) in [7, 11) is 0.